The van der Waals surface area contributed by atoms with Crippen molar-refractivity contribution in [1.29, 1.82) is 0 Å². The summed E-state index contributed by atoms with van der Waals surface area (Å²) >= 11 is 0. The molecule has 0 saturated carbocycles. The molecule has 1 fully saturated rings. The minimum atomic E-state index is -3.31. The maximum absolute atomic E-state index is 12.9. The Morgan fingerprint density at radius 3 is 2.62 bits per heavy atom. The van der Waals surface area contributed by atoms with E-state index in [1.807, 2.05) is 0 Å². The smallest absolute Gasteiger partial charge is 0.179 e. The van der Waals surface area contributed by atoms with Crippen molar-refractivity contribution < 1.29 is 17.5 Å². The van der Waals surface area contributed by atoms with Gasteiger partial charge >= 0.3 is 0 Å². The van der Waals surface area contributed by atoms with Crippen molar-refractivity contribution in [3.8, 4) is 0 Å². The molecule has 1 aromatic carbocycles. The van der Waals surface area contributed by atoms with Gasteiger partial charge in [0.25, 0.3) is 0 Å². The van der Waals surface area contributed by atoms with Crippen molar-refractivity contribution in [2.45, 2.75) is 11.8 Å². The lowest BCUT2D eigenvalue weighted by Crippen LogP contribution is -2.34. The molecule has 1 aliphatic heterocycles. The molecule has 0 aliphatic carbocycles. The molecule has 0 spiro atoms. The van der Waals surface area contributed by atoms with E-state index >= 15 is 0 Å². The van der Waals surface area contributed by atoms with E-state index in [1.54, 1.807) is 6.92 Å². The minimum Gasteiger partial charge on any atom is -0.381 e. The van der Waals surface area contributed by atoms with Crippen LogP contribution in [-0.2, 0) is 14.6 Å². The molecule has 1 heterocycles. The van der Waals surface area contributed by atoms with E-state index < -0.39 is 15.7 Å². The van der Waals surface area contributed by atoms with Crippen LogP contribution in [0.4, 0.5) is 4.39 Å². The van der Waals surface area contributed by atoms with Crippen molar-refractivity contribution in [2.24, 2.45) is 5.92 Å². The fourth-order valence-corrected chi connectivity index (χ4v) is 3.56. The van der Waals surface area contributed by atoms with Crippen LogP contribution in [0.1, 0.15) is 5.56 Å². The molecule has 3 nitrogen and oxygen atoms in total. The Kier molecular flexibility index (Phi) is 2.99. The van der Waals surface area contributed by atoms with Gasteiger partial charge in [-0.05, 0) is 30.7 Å². The van der Waals surface area contributed by atoms with E-state index in [9.17, 15) is 12.8 Å². The van der Waals surface area contributed by atoms with Gasteiger partial charge in [0, 0.05) is 5.92 Å². The topological polar surface area (TPSA) is 43.4 Å². The van der Waals surface area contributed by atoms with Crippen molar-refractivity contribution in [3.63, 3.8) is 0 Å². The Hall–Kier alpha value is -0.940. The number of benzene rings is 1. The number of hydrogen-bond donors (Lipinski definition) is 0. The Morgan fingerprint density at radius 2 is 2.12 bits per heavy atom. The summed E-state index contributed by atoms with van der Waals surface area (Å²) in [6.45, 7) is 2.60. The Bertz CT molecular complexity index is 492. The molecule has 0 bridgehead atoms. The lowest BCUT2D eigenvalue weighted by molar-refractivity contribution is -0.0204. The third-order valence-electron chi connectivity index (χ3n) is 2.63. The number of hydrogen-bond acceptors (Lipinski definition) is 3. The number of halogens is 1. The average molecular weight is 244 g/mol. The van der Waals surface area contributed by atoms with Crippen molar-refractivity contribution in [2.75, 3.05) is 19.0 Å². The Labute approximate surface area is 94.2 Å². The molecular weight excluding hydrogens is 231 g/mol. The molecule has 1 aromatic rings. The second-order valence-electron chi connectivity index (χ2n) is 4.09. The summed E-state index contributed by atoms with van der Waals surface area (Å²) in [5.41, 5.74) is 0.459. The third kappa shape index (κ3) is 2.25. The number of aryl methyl sites for hydroxylation is 1. The predicted molar refractivity (Wildman–Crippen MR) is 57.5 cm³/mol. The summed E-state index contributed by atoms with van der Waals surface area (Å²) < 4.78 is 41.8. The van der Waals surface area contributed by atoms with Crippen molar-refractivity contribution >= 4 is 9.84 Å². The monoisotopic (exact) mass is 244 g/mol. The van der Waals surface area contributed by atoms with Gasteiger partial charge < -0.3 is 4.74 Å². The highest BCUT2D eigenvalue weighted by atomic mass is 32.2. The van der Waals surface area contributed by atoms with Crippen LogP contribution in [0.5, 0.6) is 0 Å². The number of rotatable bonds is 3. The first-order valence-corrected chi connectivity index (χ1v) is 6.71. The standard InChI is InChI=1S/C11H13FO3S/c1-8-4-10(12)2-3-11(8)16(13,14)7-9-5-15-6-9/h2-4,9H,5-7H2,1H3. The van der Waals surface area contributed by atoms with E-state index in [4.69, 9.17) is 4.74 Å². The van der Waals surface area contributed by atoms with Gasteiger partial charge in [-0.25, -0.2) is 12.8 Å². The van der Waals surface area contributed by atoms with Crippen LogP contribution in [0.25, 0.3) is 0 Å². The molecule has 0 unspecified atom stereocenters. The van der Waals surface area contributed by atoms with Crippen molar-refractivity contribution in [3.05, 3.63) is 29.6 Å². The highest BCUT2D eigenvalue weighted by Crippen LogP contribution is 2.22. The van der Waals surface area contributed by atoms with E-state index in [1.165, 1.54) is 18.2 Å². The summed E-state index contributed by atoms with van der Waals surface area (Å²) in [6, 6.07) is 3.75. The quantitative estimate of drug-likeness (QED) is 0.758. The van der Waals surface area contributed by atoms with Gasteiger partial charge in [0.2, 0.25) is 0 Å². The molecule has 0 atom stereocenters. The van der Waals surface area contributed by atoms with Gasteiger partial charge in [-0.2, -0.15) is 0 Å². The highest BCUT2D eigenvalue weighted by Gasteiger charge is 2.27. The van der Waals surface area contributed by atoms with Crippen molar-refractivity contribution in [1.82, 2.24) is 0 Å². The summed E-state index contributed by atoms with van der Waals surface area (Å²) in [6.07, 6.45) is 0. The average Bonchev–Trinajstić information content (AvgIpc) is 2.11. The molecule has 0 amide bonds. The van der Waals surface area contributed by atoms with Gasteiger partial charge in [0.1, 0.15) is 5.82 Å². The molecule has 5 heteroatoms. The van der Waals surface area contributed by atoms with Crippen LogP contribution in [-0.4, -0.2) is 27.4 Å². The molecule has 88 valence electrons. The second kappa shape index (κ2) is 4.14. The summed E-state index contributed by atoms with van der Waals surface area (Å²) in [5, 5.41) is 0. The van der Waals surface area contributed by atoms with Gasteiger partial charge in [-0.1, -0.05) is 0 Å². The number of sulfone groups is 1. The first kappa shape index (κ1) is 11.5. The van der Waals surface area contributed by atoms with Crippen LogP contribution < -0.4 is 0 Å². The second-order valence-corrected chi connectivity index (χ2v) is 6.10. The molecule has 1 saturated heterocycles. The van der Waals surface area contributed by atoms with Crippen LogP contribution in [0.3, 0.4) is 0 Å². The van der Waals surface area contributed by atoms with Gasteiger partial charge in [-0.15, -0.1) is 0 Å². The first-order chi connectivity index (χ1) is 7.49. The Balaban J connectivity index is 2.27. The predicted octanol–water partition coefficient (Wildman–Crippen LogP) is 1.55. The van der Waals surface area contributed by atoms with E-state index in [0.29, 0.717) is 18.8 Å². The maximum Gasteiger partial charge on any atom is 0.179 e. The van der Waals surface area contributed by atoms with E-state index in [2.05, 4.69) is 0 Å². The normalized spacial score (nSPS) is 17.1. The molecule has 1 aliphatic rings. The van der Waals surface area contributed by atoms with Crippen LogP contribution in [0.15, 0.2) is 23.1 Å². The summed E-state index contributed by atoms with van der Waals surface area (Å²) in [4.78, 5) is 0.223. The number of ether oxygens (including phenoxy) is 1. The molecular formula is C11H13FO3S. The Morgan fingerprint density at radius 1 is 1.44 bits per heavy atom. The molecule has 0 aromatic heterocycles. The van der Waals surface area contributed by atoms with Gasteiger partial charge in [-0.3, -0.25) is 0 Å². The lowest BCUT2D eigenvalue weighted by Gasteiger charge is -2.25. The largest absolute Gasteiger partial charge is 0.381 e. The first-order valence-electron chi connectivity index (χ1n) is 5.06. The molecule has 0 radical (unpaired) electrons. The fourth-order valence-electron chi connectivity index (χ4n) is 1.74. The van der Waals surface area contributed by atoms with Gasteiger partial charge in [0.05, 0.1) is 23.9 Å². The summed E-state index contributed by atoms with van der Waals surface area (Å²) in [7, 11) is -3.31. The highest BCUT2D eigenvalue weighted by molar-refractivity contribution is 7.91. The van der Waals surface area contributed by atoms with E-state index in [-0.39, 0.29) is 16.6 Å². The zero-order valence-electron chi connectivity index (χ0n) is 8.94. The maximum atomic E-state index is 12.9. The summed E-state index contributed by atoms with van der Waals surface area (Å²) in [5.74, 6) is -0.252. The van der Waals surface area contributed by atoms with E-state index in [0.717, 1.165) is 0 Å². The molecule has 0 N–H and O–H groups in total. The van der Waals surface area contributed by atoms with Crippen LogP contribution in [0, 0.1) is 18.7 Å². The van der Waals surface area contributed by atoms with Crippen LogP contribution >= 0.6 is 0 Å². The zero-order chi connectivity index (χ0) is 11.8. The SMILES string of the molecule is Cc1cc(F)ccc1S(=O)(=O)CC1COC1. The van der Waals surface area contributed by atoms with Crippen LogP contribution in [0.2, 0.25) is 0 Å². The molecule has 2 rings (SSSR count). The minimum absolute atomic E-state index is 0.0782. The third-order valence-corrected chi connectivity index (χ3v) is 4.67. The zero-order valence-corrected chi connectivity index (χ0v) is 9.76. The fraction of sp³-hybridized carbons (Fsp3) is 0.455. The molecule has 16 heavy (non-hydrogen) atoms. The lowest BCUT2D eigenvalue weighted by atomic mass is 10.1. The van der Waals surface area contributed by atoms with Gasteiger partial charge in [0.15, 0.2) is 9.84 Å².